The molecule has 17 heavy (non-hydrogen) atoms. The third-order valence-electron chi connectivity index (χ3n) is 3.30. The highest BCUT2D eigenvalue weighted by Crippen LogP contribution is 2.12. The Morgan fingerprint density at radius 3 is 2.88 bits per heavy atom. The number of likely N-dealkylation sites (tertiary alicyclic amines) is 1. The smallest absolute Gasteiger partial charge is 0.141 e. The summed E-state index contributed by atoms with van der Waals surface area (Å²) in [7, 11) is 0. The molecule has 1 N–H and O–H groups in total. The van der Waals surface area contributed by atoms with Crippen LogP contribution in [0.15, 0.2) is 18.5 Å². The number of nitrogens with one attached hydrogen (secondary N) is 1. The summed E-state index contributed by atoms with van der Waals surface area (Å²) >= 11 is 0. The van der Waals surface area contributed by atoms with Crippen LogP contribution in [0, 0.1) is 5.82 Å². The molecule has 2 heterocycles. The van der Waals surface area contributed by atoms with E-state index in [-0.39, 0.29) is 11.9 Å². The van der Waals surface area contributed by atoms with E-state index < -0.39 is 0 Å². The van der Waals surface area contributed by atoms with Gasteiger partial charge in [-0.25, -0.2) is 4.39 Å². The van der Waals surface area contributed by atoms with Crippen LogP contribution in [0.3, 0.4) is 0 Å². The summed E-state index contributed by atoms with van der Waals surface area (Å²) < 4.78 is 13.0. The highest BCUT2D eigenvalue weighted by Gasteiger charge is 2.11. The van der Waals surface area contributed by atoms with Crippen molar-refractivity contribution in [1.29, 1.82) is 0 Å². The first-order valence-electron chi connectivity index (χ1n) is 6.32. The number of pyridine rings is 1. The molecular formula is C13H20FN3. The van der Waals surface area contributed by atoms with Crippen LogP contribution >= 0.6 is 0 Å². The lowest BCUT2D eigenvalue weighted by Crippen LogP contribution is -2.31. The molecule has 0 saturated carbocycles. The Balaban J connectivity index is 1.74. The van der Waals surface area contributed by atoms with Gasteiger partial charge in [-0.05, 0) is 44.5 Å². The highest BCUT2D eigenvalue weighted by atomic mass is 19.1. The van der Waals surface area contributed by atoms with Crippen LogP contribution in [0.4, 0.5) is 4.39 Å². The van der Waals surface area contributed by atoms with E-state index in [0.717, 1.165) is 18.7 Å². The van der Waals surface area contributed by atoms with Gasteiger partial charge in [-0.15, -0.1) is 0 Å². The minimum absolute atomic E-state index is 0.154. The maximum atomic E-state index is 13.0. The van der Waals surface area contributed by atoms with Crippen LogP contribution in [-0.2, 0) is 0 Å². The largest absolute Gasteiger partial charge is 0.309 e. The van der Waals surface area contributed by atoms with Crippen LogP contribution < -0.4 is 5.32 Å². The molecule has 1 unspecified atom stereocenters. The van der Waals surface area contributed by atoms with Gasteiger partial charge in [-0.1, -0.05) is 0 Å². The van der Waals surface area contributed by atoms with Crippen LogP contribution in [0.1, 0.15) is 31.4 Å². The molecule has 0 spiro atoms. The first kappa shape index (κ1) is 12.5. The third kappa shape index (κ3) is 3.75. The summed E-state index contributed by atoms with van der Waals surface area (Å²) in [6.45, 7) is 6.50. The summed E-state index contributed by atoms with van der Waals surface area (Å²) in [5, 5.41) is 3.40. The lowest BCUT2D eigenvalue weighted by Gasteiger charge is -2.18. The summed E-state index contributed by atoms with van der Waals surface area (Å²) in [6.07, 6.45) is 5.60. The van der Waals surface area contributed by atoms with Crippen molar-refractivity contribution < 1.29 is 4.39 Å². The van der Waals surface area contributed by atoms with E-state index in [1.165, 1.54) is 32.1 Å². The zero-order valence-electron chi connectivity index (χ0n) is 10.3. The molecule has 1 aromatic rings. The van der Waals surface area contributed by atoms with Crippen molar-refractivity contribution in [1.82, 2.24) is 15.2 Å². The first-order chi connectivity index (χ1) is 8.25. The zero-order chi connectivity index (χ0) is 12.1. The maximum Gasteiger partial charge on any atom is 0.141 e. The number of aromatic nitrogens is 1. The second kappa shape index (κ2) is 6.07. The van der Waals surface area contributed by atoms with Gasteiger partial charge in [0, 0.05) is 25.3 Å². The number of halogens is 1. The minimum Gasteiger partial charge on any atom is -0.309 e. The fraction of sp³-hybridized carbons (Fsp3) is 0.615. The Morgan fingerprint density at radius 2 is 2.18 bits per heavy atom. The summed E-state index contributed by atoms with van der Waals surface area (Å²) in [5.74, 6) is -0.268. The summed E-state index contributed by atoms with van der Waals surface area (Å²) in [6, 6.07) is 1.70. The molecular weight excluding hydrogens is 217 g/mol. The van der Waals surface area contributed by atoms with E-state index in [1.54, 1.807) is 12.3 Å². The molecule has 1 aliphatic rings. The maximum absolute atomic E-state index is 13.0. The molecule has 1 saturated heterocycles. The average molecular weight is 237 g/mol. The van der Waals surface area contributed by atoms with E-state index >= 15 is 0 Å². The summed E-state index contributed by atoms with van der Waals surface area (Å²) in [5.41, 5.74) is 0.909. The van der Waals surface area contributed by atoms with Gasteiger partial charge in [-0.2, -0.15) is 0 Å². The predicted molar refractivity (Wildman–Crippen MR) is 66.3 cm³/mol. The fourth-order valence-electron chi connectivity index (χ4n) is 2.23. The van der Waals surface area contributed by atoms with Gasteiger partial charge in [-0.3, -0.25) is 4.98 Å². The molecule has 1 atom stereocenters. The third-order valence-corrected chi connectivity index (χ3v) is 3.30. The molecule has 0 aliphatic carbocycles. The van der Waals surface area contributed by atoms with Crippen molar-refractivity contribution in [3.05, 3.63) is 29.8 Å². The van der Waals surface area contributed by atoms with Gasteiger partial charge in [0.1, 0.15) is 5.82 Å². The molecule has 4 heteroatoms. The van der Waals surface area contributed by atoms with Crippen molar-refractivity contribution >= 4 is 0 Å². The predicted octanol–water partition coefficient (Wildman–Crippen LogP) is 1.97. The van der Waals surface area contributed by atoms with Gasteiger partial charge >= 0.3 is 0 Å². The van der Waals surface area contributed by atoms with Crippen molar-refractivity contribution in [2.75, 3.05) is 26.2 Å². The summed E-state index contributed by atoms with van der Waals surface area (Å²) in [4.78, 5) is 6.33. The number of hydrogen-bond donors (Lipinski definition) is 1. The topological polar surface area (TPSA) is 28.2 Å². The minimum atomic E-state index is -0.268. The van der Waals surface area contributed by atoms with E-state index in [0.29, 0.717) is 0 Å². The number of rotatable bonds is 5. The number of hydrogen-bond acceptors (Lipinski definition) is 3. The van der Waals surface area contributed by atoms with Crippen molar-refractivity contribution in [3.8, 4) is 0 Å². The van der Waals surface area contributed by atoms with Gasteiger partial charge in [0.25, 0.3) is 0 Å². The molecule has 1 aliphatic heterocycles. The van der Waals surface area contributed by atoms with Crippen LogP contribution in [0.2, 0.25) is 0 Å². The molecule has 2 rings (SSSR count). The average Bonchev–Trinajstić information content (AvgIpc) is 2.82. The van der Waals surface area contributed by atoms with Crippen molar-refractivity contribution in [2.24, 2.45) is 0 Å². The monoisotopic (exact) mass is 237 g/mol. The molecule has 0 aromatic carbocycles. The van der Waals surface area contributed by atoms with Crippen LogP contribution in [0.5, 0.6) is 0 Å². The second-order valence-electron chi connectivity index (χ2n) is 4.66. The standard InChI is InChI=1S/C13H20FN3/c1-11(12-8-13(14)10-15-9-12)16-4-7-17-5-2-3-6-17/h8-11,16H,2-7H2,1H3. The molecule has 0 bridgehead atoms. The fourth-order valence-corrected chi connectivity index (χ4v) is 2.23. The van der Waals surface area contributed by atoms with E-state index in [2.05, 4.69) is 15.2 Å². The van der Waals surface area contributed by atoms with E-state index in [9.17, 15) is 4.39 Å². The van der Waals surface area contributed by atoms with Crippen molar-refractivity contribution in [3.63, 3.8) is 0 Å². The van der Waals surface area contributed by atoms with Gasteiger partial charge in [0.05, 0.1) is 6.20 Å². The Kier molecular flexibility index (Phi) is 4.45. The molecule has 1 fully saturated rings. The molecule has 3 nitrogen and oxygen atoms in total. The Bertz CT molecular complexity index is 350. The molecule has 0 amide bonds. The molecule has 1 aromatic heterocycles. The van der Waals surface area contributed by atoms with Crippen LogP contribution in [-0.4, -0.2) is 36.1 Å². The lowest BCUT2D eigenvalue weighted by atomic mass is 10.1. The second-order valence-corrected chi connectivity index (χ2v) is 4.66. The Hall–Kier alpha value is -1.00. The van der Waals surface area contributed by atoms with Gasteiger partial charge < -0.3 is 10.2 Å². The Morgan fingerprint density at radius 1 is 1.41 bits per heavy atom. The lowest BCUT2D eigenvalue weighted by molar-refractivity contribution is 0.329. The van der Waals surface area contributed by atoms with Gasteiger partial charge in [0.15, 0.2) is 0 Å². The van der Waals surface area contributed by atoms with E-state index in [1.807, 2.05) is 6.92 Å². The highest BCUT2D eigenvalue weighted by molar-refractivity contribution is 5.14. The normalized spacial score (nSPS) is 18.5. The first-order valence-corrected chi connectivity index (χ1v) is 6.32. The SMILES string of the molecule is CC(NCCN1CCCC1)c1cncc(F)c1. The number of nitrogens with zero attached hydrogens (tertiary/aromatic N) is 2. The zero-order valence-corrected chi connectivity index (χ0v) is 10.3. The molecule has 94 valence electrons. The molecule has 0 radical (unpaired) electrons. The Labute approximate surface area is 102 Å². The quantitative estimate of drug-likeness (QED) is 0.848. The van der Waals surface area contributed by atoms with Crippen molar-refractivity contribution in [2.45, 2.75) is 25.8 Å². The van der Waals surface area contributed by atoms with Crippen LogP contribution in [0.25, 0.3) is 0 Å². The van der Waals surface area contributed by atoms with Gasteiger partial charge in [0.2, 0.25) is 0 Å². The van der Waals surface area contributed by atoms with E-state index in [4.69, 9.17) is 0 Å².